The first-order valence-electron chi connectivity index (χ1n) is 9.00. The second-order valence-electron chi connectivity index (χ2n) is 6.99. The van der Waals surface area contributed by atoms with Crippen LogP contribution in [-0.2, 0) is 0 Å². The van der Waals surface area contributed by atoms with Crippen molar-refractivity contribution < 1.29 is 0 Å². The highest BCUT2D eigenvalue weighted by molar-refractivity contribution is 6.31. The minimum absolute atomic E-state index is 0.326. The van der Waals surface area contributed by atoms with Crippen molar-refractivity contribution in [2.75, 3.05) is 37.4 Å². The van der Waals surface area contributed by atoms with Gasteiger partial charge in [0.15, 0.2) is 0 Å². The molecule has 2 N–H and O–H groups in total. The number of anilines is 2. The van der Waals surface area contributed by atoms with Gasteiger partial charge in [-0.05, 0) is 49.4 Å². The monoisotopic (exact) mass is 383 g/mol. The zero-order valence-corrected chi connectivity index (χ0v) is 16.1. The van der Waals surface area contributed by atoms with Crippen LogP contribution in [0.5, 0.6) is 0 Å². The second-order valence-corrected chi connectivity index (χ2v) is 7.43. The van der Waals surface area contributed by atoms with Crippen molar-refractivity contribution in [2.24, 2.45) is 0 Å². The molecule has 4 rings (SSSR count). The normalized spacial score (nSPS) is 16.6. The second kappa shape index (κ2) is 7.21. The van der Waals surface area contributed by atoms with Crippen LogP contribution in [0.2, 0.25) is 5.02 Å². The van der Waals surface area contributed by atoms with E-state index in [1.165, 1.54) is 0 Å². The van der Waals surface area contributed by atoms with Crippen molar-refractivity contribution in [3.05, 3.63) is 58.0 Å². The molecule has 3 aromatic rings. The van der Waals surface area contributed by atoms with Crippen LogP contribution >= 0.6 is 11.6 Å². The number of benzene rings is 2. The Morgan fingerprint density at radius 2 is 2.11 bits per heavy atom. The molecule has 1 unspecified atom stereocenters. The van der Waals surface area contributed by atoms with E-state index in [0.29, 0.717) is 16.9 Å². The minimum atomic E-state index is -0.326. The molecule has 0 aliphatic carbocycles. The highest BCUT2D eigenvalue weighted by Gasteiger charge is 2.16. The number of aromatic nitrogens is 2. The fraction of sp³-hybridized carbons (Fsp3) is 0.300. The van der Waals surface area contributed by atoms with Crippen LogP contribution in [0.15, 0.2) is 47.3 Å². The van der Waals surface area contributed by atoms with Gasteiger partial charge in [0.05, 0.1) is 11.2 Å². The van der Waals surface area contributed by atoms with Crippen LogP contribution in [0.1, 0.15) is 6.42 Å². The summed E-state index contributed by atoms with van der Waals surface area (Å²) < 4.78 is 1.62. The van der Waals surface area contributed by atoms with Crippen molar-refractivity contribution in [2.45, 2.75) is 12.5 Å². The molecule has 6 nitrogen and oxygen atoms in total. The van der Waals surface area contributed by atoms with Gasteiger partial charge in [0.2, 0.25) is 0 Å². The summed E-state index contributed by atoms with van der Waals surface area (Å²) in [5.74, 6) is 0.634. The average Bonchev–Trinajstić information content (AvgIpc) is 3.14. The van der Waals surface area contributed by atoms with Gasteiger partial charge in [-0.1, -0.05) is 17.7 Å². The molecule has 0 spiro atoms. The Morgan fingerprint density at radius 1 is 1.26 bits per heavy atom. The largest absolute Gasteiger partial charge is 0.381 e. The first-order valence-corrected chi connectivity index (χ1v) is 9.38. The number of nitrogens with one attached hydrogen (secondary N) is 2. The summed E-state index contributed by atoms with van der Waals surface area (Å²) in [7, 11) is 3.75. The highest BCUT2D eigenvalue weighted by Crippen LogP contribution is 2.27. The number of halogens is 1. The molecular weight excluding hydrogens is 362 g/mol. The lowest BCUT2D eigenvalue weighted by Crippen LogP contribution is -2.26. The summed E-state index contributed by atoms with van der Waals surface area (Å²) in [5.41, 5.74) is 2.17. The summed E-state index contributed by atoms with van der Waals surface area (Å²) >= 11 is 6.24. The summed E-state index contributed by atoms with van der Waals surface area (Å²) in [4.78, 5) is 19.0. The molecule has 1 aliphatic rings. The summed E-state index contributed by atoms with van der Waals surface area (Å²) in [5, 5.41) is 8.33. The summed E-state index contributed by atoms with van der Waals surface area (Å²) in [6.07, 6.45) is 1.09. The number of hydrogen-bond acceptors (Lipinski definition) is 5. The zero-order chi connectivity index (χ0) is 19.0. The standard InChI is InChI=1S/C20H22ClN5O/c1-25(2)19-17-7-6-13(21)10-18(17)26(20(27)24-19)16-5-3-4-14(11-16)23-15-8-9-22-12-15/h3-7,10-11,15,22-23H,8-9,12H2,1-2H3. The minimum Gasteiger partial charge on any atom is -0.381 e. The lowest BCUT2D eigenvalue weighted by molar-refractivity contribution is 0.793. The SMILES string of the molecule is CN(C)c1nc(=O)n(-c2cccc(NC3CCNC3)c2)c2cc(Cl)ccc12. The maximum absolute atomic E-state index is 12.9. The molecule has 1 fully saturated rings. The molecule has 0 bridgehead atoms. The molecule has 27 heavy (non-hydrogen) atoms. The zero-order valence-electron chi connectivity index (χ0n) is 15.4. The van der Waals surface area contributed by atoms with Crippen LogP contribution in [0, 0.1) is 0 Å². The van der Waals surface area contributed by atoms with E-state index in [-0.39, 0.29) is 5.69 Å². The van der Waals surface area contributed by atoms with E-state index in [2.05, 4.69) is 15.6 Å². The van der Waals surface area contributed by atoms with Gasteiger partial charge in [-0.3, -0.25) is 4.57 Å². The van der Waals surface area contributed by atoms with Crippen molar-refractivity contribution in [3.8, 4) is 5.69 Å². The lowest BCUT2D eigenvalue weighted by atomic mass is 10.2. The fourth-order valence-electron chi connectivity index (χ4n) is 3.52. The number of hydrogen-bond donors (Lipinski definition) is 2. The Kier molecular flexibility index (Phi) is 4.76. The molecule has 0 radical (unpaired) electrons. The van der Waals surface area contributed by atoms with Gasteiger partial charge < -0.3 is 15.5 Å². The third-order valence-electron chi connectivity index (χ3n) is 4.79. The Balaban J connectivity index is 1.86. The Bertz CT molecular complexity index is 1040. The fourth-order valence-corrected chi connectivity index (χ4v) is 3.69. The van der Waals surface area contributed by atoms with E-state index < -0.39 is 0 Å². The van der Waals surface area contributed by atoms with Gasteiger partial charge in [0.1, 0.15) is 5.82 Å². The quantitative estimate of drug-likeness (QED) is 0.725. The molecule has 1 atom stereocenters. The summed E-state index contributed by atoms with van der Waals surface area (Å²) in [6, 6.07) is 13.8. The van der Waals surface area contributed by atoms with Crippen LogP contribution < -0.4 is 21.2 Å². The molecule has 1 saturated heterocycles. The average molecular weight is 384 g/mol. The van der Waals surface area contributed by atoms with E-state index in [4.69, 9.17) is 11.6 Å². The first-order chi connectivity index (χ1) is 13.0. The van der Waals surface area contributed by atoms with Crippen molar-refractivity contribution in [3.63, 3.8) is 0 Å². The van der Waals surface area contributed by atoms with Crippen molar-refractivity contribution in [1.82, 2.24) is 14.9 Å². The highest BCUT2D eigenvalue weighted by atomic mass is 35.5. The Labute approximate surface area is 162 Å². The summed E-state index contributed by atoms with van der Waals surface area (Å²) in [6.45, 7) is 1.97. The smallest absolute Gasteiger partial charge is 0.354 e. The maximum atomic E-state index is 12.9. The van der Waals surface area contributed by atoms with E-state index in [0.717, 1.165) is 41.8 Å². The predicted molar refractivity (Wildman–Crippen MR) is 112 cm³/mol. The molecule has 2 aromatic carbocycles. The molecular formula is C20H22ClN5O. The van der Waals surface area contributed by atoms with E-state index in [1.807, 2.05) is 61.5 Å². The van der Waals surface area contributed by atoms with Gasteiger partial charge >= 0.3 is 5.69 Å². The Morgan fingerprint density at radius 3 is 2.85 bits per heavy atom. The topological polar surface area (TPSA) is 62.2 Å². The van der Waals surface area contributed by atoms with E-state index >= 15 is 0 Å². The Hall–Kier alpha value is -2.57. The van der Waals surface area contributed by atoms with Gasteiger partial charge in [0.25, 0.3) is 0 Å². The first kappa shape index (κ1) is 17.8. The van der Waals surface area contributed by atoms with Crippen LogP contribution in [0.3, 0.4) is 0 Å². The number of fused-ring (bicyclic) bond motifs is 1. The third-order valence-corrected chi connectivity index (χ3v) is 5.03. The van der Waals surface area contributed by atoms with Gasteiger partial charge in [-0.2, -0.15) is 4.98 Å². The lowest BCUT2D eigenvalue weighted by Gasteiger charge is -2.18. The van der Waals surface area contributed by atoms with Gasteiger partial charge in [-0.15, -0.1) is 0 Å². The predicted octanol–water partition coefficient (Wildman–Crippen LogP) is 2.88. The molecule has 0 saturated carbocycles. The van der Waals surface area contributed by atoms with Crippen molar-refractivity contribution >= 4 is 34.0 Å². The molecule has 140 valence electrons. The number of rotatable bonds is 4. The van der Waals surface area contributed by atoms with Crippen molar-refractivity contribution in [1.29, 1.82) is 0 Å². The molecule has 2 heterocycles. The van der Waals surface area contributed by atoms with Crippen LogP contribution in [0.25, 0.3) is 16.6 Å². The van der Waals surface area contributed by atoms with Gasteiger partial charge in [0, 0.05) is 42.8 Å². The molecule has 0 amide bonds. The molecule has 1 aromatic heterocycles. The van der Waals surface area contributed by atoms with Gasteiger partial charge in [-0.25, -0.2) is 4.79 Å². The van der Waals surface area contributed by atoms with Crippen LogP contribution in [0.4, 0.5) is 11.5 Å². The third kappa shape index (κ3) is 3.50. The van der Waals surface area contributed by atoms with E-state index in [1.54, 1.807) is 4.57 Å². The molecule has 7 heteroatoms. The maximum Gasteiger partial charge on any atom is 0.354 e. The van der Waals surface area contributed by atoms with Crippen LogP contribution in [-0.4, -0.2) is 42.8 Å². The molecule has 1 aliphatic heterocycles. The van der Waals surface area contributed by atoms with E-state index in [9.17, 15) is 4.79 Å². The number of nitrogens with zero attached hydrogens (tertiary/aromatic N) is 3.